The Morgan fingerprint density at radius 1 is 1.29 bits per heavy atom. The van der Waals surface area contributed by atoms with Crippen molar-refractivity contribution in [2.75, 3.05) is 0 Å². The lowest BCUT2D eigenvalue weighted by molar-refractivity contribution is 0.373. The first kappa shape index (κ1) is 14.8. The van der Waals surface area contributed by atoms with Crippen LogP contribution in [0, 0.1) is 0 Å². The highest BCUT2D eigenvalue weighted by molar-refractivity contribution is 8.00. The standard InChI is InChI=1S/C14H14ClN3OS2/c1-14(2,3)12-17-11(19-18-12)7-20-13-16-9-6-8(15)4-5-10(9)21-13/h4-6H,7H2,1-3H3. The molecule has 0 spiro atoms. The minimum Gasteiger partial charge on any atom is -0.338 e. The number of hydrogen-bond acceptors (Lipinski definition) is 6. The summed E-state index contributed by atoms with van der Waals surface area (Å²) >= 11 is 9.21. The largest absolute Gasteiger partial charge is 0.338 e. The summed E-state index contributed by atoms with van der Waals surface area (Å²) in [4.78, 5) is 8.97. The van der Waals surface area contributed by atoms with Crippen LogP contribution in [0.15, 0.2) is 27.1 Å². The molecule has 21 heavy (non-hydrogen) atoms. The van der Waals surface area contributed by atoms with Gasteiger partial charge in [-0.3, -0.25) is 0 Å². The van der Waals surface area contributed by atoms with E-state index in [1.54, 1.807) is 23.1 Å². The first-order valence-corrected chi connectivity index (χ1v) is 8.62. The molecular formula is C14H14ClN3OS2. The van der Waals surface area contributed by atoms with Crippen molar-refractivity contribution in [1.82, 2.24) is 15.1 Å². The molecule has 0 atom stereocenters. The summed E-state index contributed by atoms with van der Waals surface area (Å²) in [5.41, 5.74) is 0.829. The minimum absolute atomic E-state index is 0.0982. The van der Waals surface area contributed by atoms with Crippen LogP contribution in [0.1, 0.15) is 32.5 Å². The molecule has 4 nitrogen and oxygen atoms in total. The van der Waals surface area contributed by atoms with E-state index in [0.717, 1.165) is 20.4 Å². The Kier molecular flexibility index (Phi) is 3.94. The van der Waals surface area contributed by atoms with Crippen LogP contribution in [0.3, 0.4) is 0 Å². The maximum absolute atomic E-state index is 5.97. The average molecular weight is 340 g/mol. The van der Waals surface area contributed by atoms with E-state index in [0.29, 0.717) is 16.7 Å². The van der Waals surface area contributed by atoms with Gasteiger partial charge in [0, 0.05) is 10.4 Å². The fourth-order valence-corrected chi connectivity index (χ4v) is 3.74. The second kappa shape index (κ2) is 5.59. The molecule has 0 saturated carbocycles. The molecule has 7 heteroatoms. The number of thiazole rings is 1. The summed E-state index contributed by atoms with van der Waals surface area (Å²) in [6.07, 6.45) is 0. The zero-order chi connectivity index (χ0) is 15.0. The van der Waals surface area contributed by atoms with Crippen LogP contribution in [-0.4, -0.2) is 15.1 Å². The van der Waals surface area contributed by atoms with Crippen molar-refractivity contribution >= 4 is 44.9 Å². The average Bonchev–Trinajstić information content (AvgIpc) is 3.01. The molecule has 0 fully saturated rings. The highest BCUT2D eigenvalue weighted by Crippen LogP contribution is 2.32. The van der Waals surface area contributed by atoms with Gasteiger partial charge in [-0.05, 0) is 18.2 Å². The topological polar surface area (TPSA) is 51.8 Å². The van der Waals surface area contributed by atoms with Crippen LogP contribution in [-0.2, 0) is 11.2 Å². The van der Waals surface area contributed by atoms with Crippen LogP contribution < -0.4 is 0 Å². The number of benzene rings is 1. The first-order chi connectivity index (χ1) is 9.91. The van der Waals surface area contributed by atoms with Gasteiger partial charge < -0.3 is 4.52 Å². The molecular weight excluding hydrogens is 326 g/mol. The lowest BCUT2D eigenvalue weighted by Gasteiger charge is -2.10. The lowest BCUT2D eigenvalue weighted by atomic mass is 9.96. The van der Waals surface area contributed by atoms with Crippen LogP contribution in [0.4, 0.5) is 0 Å². The van der Waals surface area contributed by atoms with E-state index in [2.05, 4.69) is 35.9 Å². The molecule has 3 rings (SSSR count). The van der Waals surface area contributed by atoms with Gasteiger partial charge in [0.2, 0.25) is 5.89 Å². The Hall–Kier alpha value is -1.11. The van der Waals surface area contributed by atoms with Gasteiger partial charge in [-0.15, -0.1) is 11.3 Å². The van der Waals surface area contributed by atoms with Crippen LogP contribution >= 0.6 is 34.7 Å². The number of halogens is 1. The van der Waals surface area contributed by atoms with Crippen molar-refractivity contribution in [2.45, 2.75) is 36.3 Å². The molecule has 0 radical (unpaired) electrons. The van der Waals surface area contributed by atoms with E-state index < -0.39 is 0 Å². The highest BCUT2D eigenvalue weighted by Gasteiger charge is 2.21. The van der Waals surface area contributed by atoms with Gasteiger partial charge in [0.05, 0.1) is 16.0 Å². The van der Waals surface area contributed by atoms with Gasteiger partial charge in [-0.2, -0.15) is 4.98 Å². The van der Waals surface area contributed by atoms with Gasteiger partial charge in [0.1, 0.15) is 0 Å². The van der Waals surface area contributed by atoms with Crippen molar-refractivity contribution in [3.8, 4) is 0 Å². The third-order valence-electron chi connectivity index (χ3n) is 2.79. The molecule has 0 aliphatic carbocycles. The Labute approximate surface area is 135 Å². The Morgan fingerprint density at radius 2 is 2.10 bits per heavy atom. The third kappa shape index (κ3) is 3.39. The van der Waals surface area contributed by atoms with Gasteiger partial charge in [0.15, 0.2) is 10.2 Å². The number of aromatic nitrogens is 3. The van der Waals surface area contributed by atoms with Crippen molar-refractivity contribution in [3.05, 3.63) is 34.9 Å². The highest BCUT2D eigenvalue weighted by atomic mass is 35.5. The summed E-state index contributed by atoms with van der Waals surface area (Å²) in [7, 11) is 0. The van der Waals surface area contributed by atoms with E-state index in [1.165, 1.54) is 0 Å². The Balaban J connectivity index is 1.73. The molecule has 3 aromatic rings. The molecule has 0 bridgehead atoms. The number of fused-ring (bicyclic) bond motifs is 1. The van der Waals surface area contributed by atoms with Gasteiger partial charge in [0.25, 0.3) is 0 Å². The number of nitrogens with zero attached hydrogens (tertiary/aromatic N) is 3. The molecule has 0 unspecified atom stereocenters. The van der Waals surface area contributed by atoms with Crippen LogP contribution in [0.5, 0.6) is 0 Å². The molecule has 0 amide bonds. The van der Waals surface area contributed by atoms with E-state index in [1.807, 2.05) is 18.2 Å². The van der Waals surface area contributed by atoms with Gasteiger partial charge in [-0.25, -0.2) is 4.98 Å². The molecule has 0 aliphatic heterocycles. The Morgan fingerprint density at radius 3 is 2.81 bits per heavy atom. The lowest BCUT2D eigenvalue weighted by Crippen LogP contribution is -2.13. The van der Waals surface area contributed by atoms with E-state index in [4.69, 9.17) is 16.1 Å². The molecule has 0 aliphatic rings. The van der Waals surface area contributed by atoms with Crippen molar-refractivity contribution in [1.29, 1.82) is 0 Å². The summed E-state index contributed by atoms with van der Waals surface area (Å²) in [5, 5.41) is 4.72. The maximum atomic E-state index is 5.97. The van der Waals surface area contributed by atoms with Crippen LogP contribution in [0.2, 0.25) is 5.02 Å². The zero-order valence-corrected chi connectivity index (χ0v) is 14.3. The summed E-state index contributed by atoms with van der Waals surface area (Å²) in [5.74, 6) is 1.98. The normalized spacial score (nSPS) is 12.2. The van der Waals surface area contributed by atoms with Crippen molar-refractivity contribution in [3.63, 3.8) is 0 Å². The van der Waals surface area contributed by atoms with Crippen molar-refractivity contribution in [2.24, 2.45) is 0 Å². The van der Waals surface area contributed by atoms with E-state index >= 15 is 0 Å². The van der Waals surface area contributed by atoms with Gasteiger partial charge >= 0.3 is 0 Å². The fraction of sp³-hybridized carbons (Fsp3) is 0.357. The summed E-state index contributed by atoms with van der Waals surface area (Å²) in [6, 6.07) is 5.75. The maximum Gasteiger partial charge on any atom is 0.237 e. The number of rotatable bonds is 3. The molecule has 2 aromatic heterocycles. The quantitative estimate of drug-likeness (QED) is 0.634. The molecule has 110 valence electrons. The van der Waals surface area contributed by atoms with E-state index in [9.17, 15) is 0 Å². The van der Waals surface area contributed by atoms with Gasteiger partial charge in [-0.1, -0.05) is 49.3 Å². The molecule has 0 saturated heterocycles. The number of hydrogen-bond donors (Lipinski definition) is 0. The molecule has 2 heterocycles. The SMILES string of the molecule is CC(C)(C)c1noc(CSc2nc3cc(Cl)ccc3s2)n1. The predicted molar refractivity (Wildman–Crippen MR) is 87.2 cm³/mol. The van der Waals surface area contributed by atoms with Crippen molar-refractivity contribution < 1.29 is 4.52 Å². The smallest absolute Gasteiger partial charge is 0.237 e. The minimum atomic E-state index is -0.0982. The number of thioether (sulfide) groups is 1. The second-order valence-corrected chi connectivity index (χ2v) is 8.33. The summed E-state index contributed by atoms with van der Waals surface area (Å²) < 4.78 is 7.38. The molecule has 0 N–H and O–H groups in total. The van der Waals surface area contributed by atoms with E-state index in [-0.39, 0.29) is 5.41 Å². The first-order valence-electron chi connectivity index (χ1n) is 6.44. The van der Waals surface area contributed by atoms with Crippen LogP contribution in [0.25, 0.3) is 10.2 Å². The zero-order valence-electron chi connectivity index (χ0n) is 11.9. The molecule has 1 aromatic carbocycles. The second-order valence-electron chi connectivity index (χ2n) is 5.64. The third-order valence-corrected chi connectivity index (χ3v) is 5.19. The fourth-order valence-electron chi connectivity index (χ4n) is 1.68. The summed E-state index contributed by atoms with van der Waals surface area (Å²) in [6.45, 7) is 6.18. The monoisotopic (exact) mass is 339 g/mol. The predicted octanol–water partition coefficient (Wildman–Crippen LogP) is 4.92. The Bertz CT molecular complexity index is 776.